The van der Waals surface area contributed by atoms with Gasteiger partial charge in [0.25, 0.3) is 0 Å². The van der Waals surface area contributed by atoms with Gasteiger partial charge in [0.05, 0.1) is 22.7 Å². The number of halogens is 3. The zero-order chi connectivity index (χ0) is 28.6. The maximum atomic E-state index is 13.9. The standard InChI is InChI=1S/C27H30F3N3O2S.CO2/c1-3-8-20-10-4-5-11-22(20)26-23(27(28,29)30)15-14-21(31-26)18-36(34,35)25-13-6-12-24(32-25)33-16-7-9-19(2)17-33;2-1-3/h4-6,10-15,19H,3,7-9,16-18H2,1-2H3;/t19-;/m0./s1. The van der Waals surface area contributed by atoms with Gasteiger partial charge in [-0.05, 0) is 55.0 Å². The topological polar surface area (TPSA) is 97.3 Å². The number of piperidine rings is 1. The molecular weight excluding hydrogens is 531 g/mol. The van der Waals surface area contributed by atoms with Crippen LogP contribution in [0.3, 0.4) is 0 Å². The van der Waals surface area contributed by atoms with Crippen LogP contribution >= 0.6 is 0 Å². The van der Waals surface area contributed by atoms with Crippen molar-refractivity contribution in [3.8, 4) is 11.3 Å². The third kappa shape index (κ3) is 7.74. The normalized spacial score (nSPS) is 15.7. The van der Waals surface area contributed by atoms with E-state index in [1.807, 2.05) is 6.92 Å². The Kier molecular flexibility index (Phi) is 9.99. The average molecular weight is 562 g/mol. The lowest BCUT2D eigenvalue weighted by atomic mass is 9.97. The van der Waals surface area contributed by atoms with E-state index in [4.69, 9.17) is 9.59 Å². The minimum atomic E-state index is -4.62. The molecule has 208 valence electrons. The Morgan fingerprint density at radius 3 is 2.41 bits per heavy atom. The Balaban J connectivity index is 0.00000134. The van der Waals surface area contributed by atoms with Crippen molar-refractivity contribution in [3.63, 3.8) is 0 Å². The van der Waals surface area contributed by atoms with E-state index >= 15 is 0 Å². The molecule has 1 aliphatic rings. The summed E-state index contributed by atoms with van der Waals surface area (Å²) in [7, 11) is -3.94. The molecule has 7 nitrogen and oxygen atoms in total. The molecule has 11 heteroatoms. The van der Waals surface area contributed by atoms with Crippen molar-refractivity contribution in [1.82, 2.24) is 9.97 Å². The zero-order valence-electron chi connectivity index (χ0n) is 21.7. The molecule has 0 radical (unpaired) electrons. The second kappa shape index (κ2) is 13.0. The molecule has 2 aromatic heterocycles. The Morgan fingerprint density at radius 2 is 1.74 bits per heavy atom. The van der Waals surface area contributed by atoms with Crippen molar-refractivity contribution in [3.05, 3.63) is 71.4 Å². The van der Waals surface area contributed by atoms with Crippen LogP contribution in [0, 0.1) is 5.92 Å². The number of nitrogens with zero attached hydrogens (tertiary/aromatic N) is 3. The van der Waals surface area contributed by atoms with E-state index < -0.39 is 27.3 Å². The first-order valence-electron chi connectivity index (χ1n) is 12.6. The first-order chi connectivity index (χ1) is 18.5. The number of aromatic nitrogens is 2. The van der Waals surface area contributed by atoms with E-state index in [0.717, 1.165) is 50.0 Å². The van der Waals surface area contributed by atoms with Gasteiger partial charge in [-0.3, -0.25) is 4.98 Å². The number of benzene rings is 1. The maximum Gasteiger partial charge on any atom is 0.418 e. The number of carbonyl (C=O) groups excluding carboxylic acids is 2. The van der Waals surface area contributed by atoms with Crippen LogP contribution < -0.4 is 4.90 Å². The third-order valence-electron chi connectivity index (χ3n) is 6.40. The quantitative estimate of drug-likeness (QED) is 0.363. The minimum absolute atomic E-state index is 0.0445. The van der Waals surface area contributed by atoms with Crippen molar-refractivity contribution < 1.29 is 31.2 Å². The summed E-state index contributed by atoms with van der Waals surface area (Å²) < 4.78 is 68.1. The SMILES string of the molecule is CCCc1ccccc1-c1nc(CS(=O)(=O)c2cccc(N3CCC[C@H](C)C3)n2)ccc1C(F)(F)F.O=C=O. The van der Waals surface area contributed by atoms with Crippen LogP contribution in [0.1, 0.15) is 49.9 Å². The molecule has 1 aromatic carbocycles. The van der Waals surface area contributed by atoms with Crippen LogP contribution in [0.4, 0.5) is 19.0 Å². The molecule has 3 aromatic rings. The lowest BCUT2D eigenvalue weighted by molar-refractivity contribution is -0.191. The molecular formula is C28H30F3N3O4S. The van der Waals surface area contributed by atoms with Crippen molar-refractivity contribution >= 4 is 21.8 Å². The Morgan fingerprint density at radius 1 is 1.03 bits per heavy atom. The highest BCUT2D eigenvalue weighted by molar-refractivity contribution is 7.90. The van der Waals surface area contributed by atoms with Gasteiger partial charge in [0.15, 0.2) is 5.03 Å². The lowest BCUT2D eigenvalue weighted by Gasteiger charge is -2.32. The Hall–Kier alpha value is -3.56. The summed E-state index contributed by atoms with van der Waals surface area (Å²) in [6.45, 7) is 5.71. The summed E-state index contributed by atoms with van der Waals surface area (Å²) in [6.07, 6.45) is -0.899. The van der Waals surface area contributed by atoms with Crippen molar-refractivity contribution in [2.75, 3.05) is 18.0 Å². The molecule has 0 saturated carbocycles. The van der Waals surface area contributed by atoms with Crippen molar-refractivity contribution in [2.24, 2.45) is 5.92 Å². The van der Waals surface area contributed by atoms with E-state index in [0.29, 0.717) is 23.7 Å². The summed E-state index contributed by atoms with van der Waals surface area (Å²) in [4.78, 5) is 27.0. The number of alkyl halides is 3. The van der Waals surface area contributed by atoms with Gasteiger partial charge < -0.3 is 4.90 Å². The number of pyridine rings is 2. The number of aryl methyl sites for hydroxylation is 1. The van der Waals surface area contributed by atoms with Gasteiger partial charge in [-0.15, -0.1) is 0 Å². The van der Waals surface area contributed by atoms with Gasteiger partial charge in [0, 0.05) is 18.7 Å². The number of hydrogen-bond donors (Lipinski definition) is 0. The highest BCUT2D eigenvalue weighted by atomic mass is 32.2. The van der Waals surface area contributed by atoms with Gasteiger partial charge in [-0.1, -0.05) is 50.6 Å². The largest absolute Gasteiger partial charge is 0.418 e. The molecule has 3 heterocycles. The molecule has 0 amide bonds. The van der Waals surface area contributed by atoms with Crippen LogP contribution in [0.15, 0.2) is 59.6 Å². The monoisotopic (exact) mass is 561 g/mol. The molecule has 0 unspecified atom stereocenters. The number of hydrogen-bond acceptors (Lipinski definition) is 7. The molecule has 0 aliphatic carbocycles. The lowest BCUT2D eigenvalue weighted by Crippen LogP contribution is -2.35. The molecule has 0 bridgehead atoms. The number of rotatable bonds is 7. The predicted octanol–water partition coefficient (Wildman–Crippen LogP) is 5.74. The zero-order valence-corrected chi connectivity index (χ0v) is 22.6. The van der Waals surface area contributed by atoms with Gasteiger partial charge in [0.1, 0.15) is 5.82 Å². The Labute approximate surface area is 226 Å². The Bertz CT molecular complexity index is 1420. The highest BCUT2D eigenvalue weighted by Gasteiger charge is 2.35. The first kappa shape index (κ1) is 30.0. The molecule has 1 atom stereocenters. The van der Waals surface area contributed by atoms with Crippen LogP contribution in [0.5, 0.6) is 0 Å². The third-order valence-corrected chi connectivity index (χ3v) is 7.94. The van der Waals surface area contributed by atoms with Crippen molar-refractivity contribution in [1.29, 1.82) is 0 Å². The fourth-order valence-corrected chi connectivity index (χ4v) is 5.89. The van der Waals surface area contributed by atoms with Crippen molar-refractivity contribution in [2.45, 2.75) is 56.5 Å². The van der Waals surface area contributed by atoms with Crippen LogP contribution in [-0.2, 0) is 37.8 Å². The van der Waals surface area contributed by atoms with Gasteiger partial charge >= 0.3 is 12.3 Å². The molecule has 0 spiro atoms. The smallest absolute Gasteiger partial charge is 0.356 e. The number of sulfone groups is 1. The first-order valence-corrected chi connectivity index (χ1v) is 14.2. The van der Waals surface area contributed by atoms with Gasteiger partial charge in [0.2, 0.25) is 9.84 Å². The molecule has 1 fully saturated rings. The minimum Gasteiger partial charge on any atom is -0.356 e. The molecule has 0 N–H and O–H groups in total. The van der Waals surface area contributed by atoms with E-state index in [9.17, 15) is 21.6 Å². The summed E-state index contributed by atoms with van der Waals surface area (Å²) in [6, 6.07) is 13.8. The van der Waals surface area contributed by atoms with Crippen LogP contribution in [0.2, 0.25) is 0 Å². The van der Waals surface area contributed by atoms with Gasteiger partial charge in [-0.25, -0.2) is 13.4 Å². The van der Waals surface area contributed by atoms with E-state index in [-0.39, 0.29) is 22.6 Å². The fraction of sp³-hybridized carbons (Fsp3) is 0.393. The van der Waals surface area contributed by atoms with E-state index in [2.05, 4.69) is 21.8 Å². The van der Waals surface area contributed by atoms with Crippen LogP contribution in [-0.4, -0.2) is 37.6 Å². The van der Waals surface area contributed by atoms with Crippen LogP contribution in [0.25, 0.3) is 11.3 Å². The average Bonchev–Trinajstić information content (AvgIpc) is 2.89. The summed E-state index contributed by atoms with van der Waals surface area (Å²) in [5.74, 6) is 0.546. The predicted molar refractivity (Wildman–Crippen MR) is 139 cm³/mol. The molecule has 1 saturated heterocycles. The summed E-state index contributed by atoms with van der Waals surface area (Å²) >= 11 is 0. The van der Waals surface area contributed by atoms with Gasteiger partial charge in [-0.2, -0.15) is 22.8 Å². The highest BCUT2D eigenvalue weighted by Crippen LogP contribution is 2.38. The summed E-state index contributed by atoms with van der Waals surface area (Å²) in [5, 5.41) is -0.104. The van der Waals surface area contributed by atoms with E-state index in [1.165, 1.54) is 6.07 Å². The maximum absolute atomic E-state index is 13.9. The number of anilines is 1. The summed E-state index contributed by atoms with van der Waals surface area (Å²) in [5.41, 5.74) is 0.0197. The molecule has 1 aliphatic heterocycles. The second-order valence-electron chi connectivity index (χ2n) is 9.47. The molecule has 39 heavy (non-hydrogen) atoms. The second-order valence-corrected chi connectivity index (χ2v) is 11.4. The fourth-order valence-electron chi connectivity index (χ4n) is 4.67. The van der Waals surface area contributed by atoms with E-state index in [1.54, 1.807) is 36.4 Å². The molecule has 4 rings (SSSR count).